The van der Waals surface area contributed by atoms with Gasteiger partial charge in [0.1, 0.15) is 10.6 Å². The number of aryl methyl sites for hydroxylation is 2. The van der Waals surface area contributed by atoms with Crippen molar-refractivity contribution in [1.82, 2.24) is 9.46 Å². The summed E-state index contributed by atoms with van der Waals surface area (Å²) in [7, 11) is -3.63. The van der Waals surface area contributed by atoms with Crippen molar-refractivity contribution in [3.05, 3.63) is 11.5 Å². The number of hydrogen-bond donors (Lipinski definition) is 1. The van der Waals surface area contributed by atoms with Gasteiger partial charge in [0.25, 0.3) is 0 Å². The molecule has 0 saturated carbocycles. The third-order valence-electron chi connectivity index (χ3n) is 3.55. The van der Waals surface area contributed by atoms with E-state index in [0.29, 0.717) is 18.0 Å². The number of aliphatic hydroxyl groups is 1. The molecule has 0 radical (unpaired) electrons. The van der Waals surface area contributed by atoms with E-state index >= 15 is 0 Å². The van der Waals surface area contributed by atoms with Gasteiger partial charge in [0.05, 0.1) is 12.6 Å². The second-order valence-corrected chi connectivity index (χ2v) is 6.61. The fourth-order valence-corrected chi connectivity index (χ4v) is 4.52. The van der Waals surface area contributed by atoms with Crippen LogP contribution in [0.2, 0.25) is 0 Å². The van der Waals surface area contributed by atoms with Crippen LogP contribution in [0.3, 0.4) is 0 Å². The number of rotatable bonds is 3. The minimum Gasteiger partial charge on any atom is -0.395 e. The van der Waals surface area contributed by atoms with Gasteiger partial charge in [0.15, 0.2) is 5.76 Å². The molecule has 0 aromatic carbocycles. The van der Waals surface area contributed by atoms with Gasteiger partial charge >= 0.3 is 0 Å². The Labute approximate surface area is 107 Å². The van der Waals surface area contributed by atoms with E-state index in [1.807, 2.05) is 6.92 Å². The average molecular weight is 274 g/mol. The van der Waals surface area contributed by atoms with E-state index in [9.17, 15) is 13.5 Å². The second-order valence-electron chi connectivity index (χ2n) is 4.78. The molecule has 0 amide bonds. The van der Waals surface area contributed by atoms with E-state index < -0.39 is 10.0 Å². The maximum absolute atomic E-state index is 12.6. The van der Waals surface area contributed by atoms with E-state index in [2.05, 4.69) is 5.16 Å². The normalized spacial score (nSPS) is 25.8. The lowest BCUT2D eigenvalue weighted by molar-refractivity contribution is 0.191. The fourth-order valence-electron chi connectivity index (χ4n) is 2.50. The van der Waals surface area contributed by atoms with Gasteiger partial charge in [0, 0.05) is 6.54 Å². The van der Waals surface area contributed by atoms with E-state index in [1.54, 1.807) is 13.8 Å². The molecule has 2 heterocycles. The van der Waals surface area contributed by atoms with Crippen LogP contribution >= 0.6 is 0 Å². The third-order valence-corrected chi connectivity index (χ3v) is 5.72. The molecule has 1 aliphatic rings. The molecule has 1 aliphatic heterocycles. The summed E-state index contributed by atoms with van der Waals surface area (Å²) in [5.74, 6) is 0.453. The molecule has 6 nitrogen and oxygen atoms in total. The van der Waals surface area contributed by atoms with Gasteiger partial charge in [-0.1, -0.05) is 12.1 Å². The van der Waals surface area contributed by atoms with Crippen molar-refractivity contribution in [3.63, 3.8) is 0 Å². The molecular formula is C11H18N2O4S. The Morgan fingerprint density at radius 3 is 2.67 bits per heavy atom. The molecule has 0 aliphatic carbocycles. The molecule has 2 atom stereocenters. The molecular weight excluding hydrogens is 256 g/mol. The number of hydrogen-bond acceptors (Lipinski definition) is 5. The predicted octanol–water partition coefficient (Wildman–Crippen LogP) is 0.683. The largest absolute Gasteiger partial charge is 0.395 e. The fraction of sp³-hybridized carbons (Fsp3) is 0.727. The van der Waals surface area contributed by atoms with Crippen LogP contribution in [-0.2, 0) is 10.0 Å². The summed E-state index contributed by atoms with van der Waals surface area (Å²) in [4.78, 5) is 0.134. The van der Waals surface area contributed by atoms with Crippen molar-refractivity contribution in [3.8, 4) is 0 Å². The Hall–Kier alpha value is -0.920. The minimum atomic E-state index is -3.63. The van der Waals surface area contributed by atoms with Gasteiger partial charge in [-0.05, 0) is 26.2 Å². The van der Waals surface area contributed by atoms with E-state index in [1.165, 1.54) is 4.31 Å². The van der Waals surface area contributed by atoms with E-state index in [0.717, 1.165) is 6.42 Å². The van der Waals surface area contributed by atoms with Gasteiger partial charge in [-0.3, -0.25) is 0 Å². The molecule has 2 rings (SSSR count). The summed E-state index contributed by atoms with van der Waals surface area (Å²) in [5, 5.41) is 13.0. The SMILES string of the molecule is Cc1noc(C)c1S(=O)(=O)N1CCC(C)C1CO. The zero-order valence-corrected chi connectivity index (χ0v) is 11.6. The number of sulfonamides is 1. The van der Waals surface area contributed by atoms with E-state index in [-0.39, 0.29) is 23.5 Å². The van der Waals surface area contributed by atoms with Crippen LogP contribution in [0.5, 0.6) is 0 Å². The Morgan fingerprint density at radius 1 is 1.50 bits per heavy atom. The highest BCUT2D eigenvalue weighted by atomic mass is 32.2. The first kappa shape index (κ1) is 13.5. The van der Waals surface area contributed by atoms with Gasteiger partial charge in [0.2, 0.25) is 10.0 Å². The smallest absolute Gasteiger partial charge is 0.248 e. The Balaban J connectivity index is 2.44. The molecule has 1 fully saturated rings. The molecule has 0 spiro atoms. The average Bonchev–Trinajstić information content (AvgIpc) is 2.82. The first-order valence-corrected chi connectivity index (χ1v) is 7.39. The van der Waals surface area contributed by atoms with Crippen molar-refractivity contribution < 1.29 is 18.0 Å². The number of nitrogens with zero attached hydrogens (tertiary/aromatic N) is 2. The first-order chi connectivity index (χ1) is 8.39. The van der Waals surface area contributed by atoms with Crippen molar-refractivity contribution in [2.75, 3.05) is 13.2 Å². The molecule has 1 aromatic rings. The van der Waals surface area contributed by atoms with Crippen molar-refractivity contribution in [1.29, 1.82) is 0 Å². The van der Waals surface area contributed by atoms with Gasteiger partial charge in [-0.2, -0.15) is 4.31 Å². The van der Waals surface area contributed by atoms with Crippen molar-refractivity contribution in [2.24, 2.45) is 5.92 Å². The standard InChI is InChI=1S/C11H18N2O4S/c1-7-4-5-13(10(7)6-14)18(15,16)11-8(2)12-17-9(11)3/h7,10,14H,4-6H2,1-3H3. The maximum Gasteiger partial charge on any atom is 0.248 e. The summed E-state index contributed by atoms with van der Waals surface area (Å²) in [6, 6.07) is -0.358. The van der Waals surface area contributed by atoms with Crippen LogP contribution in [0, 0.1) is 19.8 Å². The van der Waals surface area contributed by atoms with Gasteiger partial charge < -0.3 is 9.63 Å². The maximum atomic E-state index is 12.6. The van der Waals surface area contributed by atoms with Crippen LogP contribution < -0.4 is 0 Å². The van der Waals surface area contributed by atoms with E-state index in [4.69, 9.17) is 4.52 Å². The molecule has 1 N–H and O–H groups in total. The Morgan fingerprint density at radius 2 is 2.17 bits per heavy atom. The van der Waals surface area contributed by atoms with Crippen LogP contribution in [0.25, 0.3) is 0 Å². The minimum absolute atomic E-state index is 0.134. The summed E-state index contributed by atoms with van der Waals surface area (Å²) in [6.07, 6.45) is 0.758. The van der Waals surface area contributed by atoms with Crippen LogP contribution in [-0.4, -0.2) is 42.2 Å². The summed E-state index contributed by atoms with van der Waals surface area (Å²) in [5.41, 5.74) is 0.365. The molecule has 1 saturated heterocycles. The lowest BCUT2D eigenvalue weighted by Gasteiger charge is -2.24. The Bertz CT molecular complexity index is 518. The summed E-state index contributed by atoms with van der Waals surface area (Å²) in [6.45, 7) is 5.41. The van der Waals surface area contributed by atoms with Crippen LogP contribution in [0.15, 0.2) is 9.42 Å². The van der Waals surface area contributed by atoms with Crippen molar-refractivity contribution >= 4 is 10.0 Å². The number of aliphatic hydroxyl groups excluding tert-OH is 1. The third kappa shape index (κ3) is 1.96. The monoisotopic (exact) mass is 274 g/mol. The molecule has 7 heteroatoms. The molecule has 1 aromatic heterocycles. The predicted molar refractivity (Wildman–Crippen MR) is 64.5 cm³/mol. The van der Waals surface area contributed by atoms with Crippen molar-refractivity contribution in [2.45, 2.75) is 38.1 Å². The second kappa shape index (κ2) is 4.64. The zero-order chi connectivity index (χ0) is 13.5. The molecule has 18 heavy (non-hydrogen) atoms. The molecule has 0 bridgehead atoms. The lowest BCUT2D eigenvalue weighted by atomic mass is 10.0. The van der Waals surface area contributed by atoms with Crippen LogP contribution in [0.4, 0.5) is 0 Å². The lowest BCUT2D eigenvalue weighted by Crippen LogP contribution is -2.40. The zero-order valence-electron chi connectivity index (χ0n) is 10.8. The highest BCUT2D eigenvalue weighted by Gasteiger charge is 2.41. The highest BCUT2D eigenvalue weighted by molar-refractivity contribution is 7.89. The van der Waals surface area contributed by atoms with Gasteiger partial charge in [-0.25, -0.2) is 8.42 Å². The summed E-state index contributed by atoms with van der Waals surface area (Å²) < 4.78 is 31.4. The quantitative estimate of drug-likeness (QED) is 0.876. The first-order valence-electron chi connectivity index (χ1n) is 5.95. The number of aromatic nitrogens is 1. The topological polar surface area (TPSA) is 83.6 Å². The highest BCUT2D eigenvalue weighted by Crippen LogP contribution is 2.32. The molecule has 102 valence electrons. The molecule has 2 unspecified atom stereocenters. The van der Waals surface area contributed by atoms with Gasteiger partial charge in [-0.15, -0.1) is 0 Å². The Kier molecular flexibility index (Phi) is 3.48. The van der Waals surface area contributed by atoms with Crippen LogP contribution in [0.1, 0.15) is 24.8 Å². The summed E-state index contributed by atoms with van der Waals surface area (Å²) >= 11 is 0.